The highest BCUT2D eigenvalue weighted by atomic mass is 19.1. The summed E-state index contributed by atoms with van der Waals surface area (Å²) in [5.74, 6) is -0.272. The molecule has 1 aromatic carbocycles. The van der Waals surface area contributed by atoms with Crippen LogP contribution in [0.25, 0.3) is 0 Å². The minimum absolute atomic E-state index is 0.272. The molecular weight excluding hydrogens is 239 g/mol. The molecule has 0 fully saturated rings. The number of nitrogens with zero attached hydrogens (tertiary/aromatic N) is 2. The number of rotatable bonds is 7. The molecule has 0 aliphatic rings. The van der Waals surface area contributed by atoms with Crippen molar-refractivity contribution in [3.05, 3.63) is 35.1 Å². The summed E-state index contributed by atoms with van der Waals surface area (Å²) in [5.41, 5.74) is 1.36. The van der Waals surface area contributed by atoms with Crippen molar-refractivity contribution >= 4 is 0 Å². The molecule has 0 atom stereocenters. The lowest BCUT2D eigenvalue weighted by molar-refractivity contribution is 0.208. The van der Waals surface area contributed by atoms with E-state index in [2.05, 4.69) is 31.7 Å². The first-order chi connectivity index (χ1) is 9.08. The molecule has 1 aromatic rings. The molecule has 0 aromatic heterocycles. The van der Waals surface area contributed by atoms with Gasteiger partial charge < -0.3 is 0 Å². The minimum Gasteiger partial charge on any atom is -0.297 e. The van der Waals surface area contributed by atoms with Crippen LogP contribution in [0.2, 0.25) is 0 Å². The van der Waals surface area contributed by atoms with E-state index in [-0.39, 0.29) is 5.82 Å². The zero-order valence-electron chi connectivity index (χ0n) is 12.1. The second-order valence-electron chi connectivity index (χ2n) is 5.18. The highest BCUT2D eigenvalue weighted by molar-refractivity contribution is 5.37. The molecular formula is C16H23FN2. The summed E-state index contributed by atoms with van der Waals surface area (Å²) in [5, 5.41) is 9.08. The summed E-state index contributed by atoms with van der Waals surface area (Å²) in [7, 11) is 0. The average Bonchev–Trinajstić information content (AvgIpc) is 2.38. The molecule has 0 amide bonds. The van der Waals surface area contributed by atoms with E-state index in [9.17, 15) is 4.39 Å². The lowest BCUT2D eigenvalue weighted by atomic mass is 10.1. The Balaban J connectivity index is 2.78. The molecule has 2 nitrogen and oxygen atoms in total. The number of hydrogen-bond donors (Lipinski definition) is 0. The summed E-state index contributed by atoms with van der Waals surface area (Å²) >= 11 is 0. The molecule has 0 heterocycles. The van der Waals surface area contributed by atoms with Gasteiger partial charge >= 0.3 is 0 Å². The van der Waals surface area contributed by atoms with Gasteiger partial charge in [-0.15, -0.1) is 0 Å². The van der Waals surface area contributed by atoms with Crippen molar-refractivity contribution < 1.29 is 4.39 Å². The third kappa shape index (κ3) is 5.00. The van der Waals surface area contributed by atoms with Gasteiger partial charge in [-0.1, -0.05) is 19.8 Å². The number of hydrogen-bond acceptors (Lipinski definition) is 2. The van der Waals surface area contributed by atoms with Gasteiger partial charge in [0.2, 0.25) is 0 Å². The van der Waals surface area contributed by atoms with E-state index in [0.717, 1.165) is 18.5 Å². The standard InChI is InChI=1S/C16H23FN2/c1-4-5-6-9-19(13(2)3)12-15-10-16(17)8-7-14(15)11-18/h7-8,10,13H,4-6,9,12H2,1-3H3. The first-order valence-electron chi connectivity index (χ1n) is 7.01. The monoisotopic (exact) mass is 262 g/mol. The molecule has 0 saturated carbocycles. The SMILES string of the molecule is CCCCCN(Cc1cc(F)ccc1C#N)C(C)C. The van der Waals surface area contributed by atoms with Crippen LogP contribution >= 0.6 is 0 Å². The van der Waals surface area contributed by atoms with Crippen molar-refractivity contribution in [3.8, 4) is 6.07 Å². The van der Waals surface area contributed by atoms with E-state index in [1.165, 1.54) is 25.0 Å². The third-order valence-electron chi connectivity index (χ3n) is 3.34. The van der Waals surface area contributed by atoms with Crippen molar-refractivity contribution in [2.75, 3.05) is 6.54 Å². The predicted octanol–water partition coefficient (Wildman–Crippen LogP) is 4.10. The number of unbranched alkanes of at least 4 members (excludes halogenated alkanes) is 2. The topological polar surface area (TPSA) is 27.0 Å². The Morgan fingerprint density at radius 2 is 2.05 bits per heavy atom. The van der Waals surface area contributed by atoms with E-state index in [4.69, 9.17) is 5.26 Å². The van der Waals surface area contributed by atoms with Crippen LogP contribution in [0.15, 0.2) is 18.2 Å². The Labute approximate surface area is 115 Å². The van der Waals surface area contributed by atoms with Crippen LogP contribution in [0.4, 0.5) is 4.39 Å². The van der Waals surface area contributed by atoms with Crippen LogP contribution in [-0.4, -0.2) is 17.5 Å². The minimum atomic E-state index is -0.272. The van der Waals surface area contributed by atoms with Gasteiger partial charge in [0.1, 0.15) is 5.82 Å². The van der Waals surface area contributed by atoms with Gasteiger partial charge in [0.15, 0.2) is 0 Å². The van der Waals surface area contributed by atoms with Crippen LogP contribution in [0.1, 0.15) is 51.2 Å². The quantitative estimate of drug-likeness (QED) is 0.692. The molecule has 0 aliphatic carbocycles. The van der Waals surface area contributed by atoms with Gasteiger partial charge in [-0.3, -0.25) is 4.90 Å². The van der Waals surface area contributed by atoms with Gasteiger partial charge in [0, 0.05) is 12.6 Å². The average molecular weight is 262 g/mol. The molecule has 0 N–H and O–H groups in total. The smallest absolute Gasteiger partial charge is 0.123 e. The van der Waals surface area contributed by atoms with Crippen LogP contribution in [0.5, 0.6) is 0 Å². The molecule has 104 valence electrons. The largest absolute Gasteiger partial charge is 0.297 e. The Morgan fingerprint density at radius 3 is 2.63 bits per heavy atom. The Bertz CT molecular complexity index is 435. The van der Waals surface area contributed by atoms with E-state index in [0.29, 0.717) is 18.2 Å². The second kappa shape index (κ2) is 7.91. The Hall–Kier alpha value is -1.40. The van der Waals surface area contributed by atoms with Crippen LogP contribution < -0.4 is 0 Å². The fourth-order valence-corrected chi connectivity index (χ4v) is 2.11. The number of halogens is 1. The fourth-order valence-electron chi connectivity index (χ4n) is 2.11. The molecule has 0 saturated heterocycles. The van der Waals surface area contributed by atoms with E-state index >= 15 is 0 Å². The molecule has 3 heteroatoms. The van der Waals surface area contributed by atoms with E-state index in [1.54, 1.807) is 6.07 Å². The van der Waals surface area contributed by atoms with Crippen molar-refractivity contribution in [2.24, 2.45) is 0 Å². The number of benzene rings is 1. The van der Waals surface area contributed by atoms with E-state index in [1.807, 2.05) is 0 Å². The predicted molar refractivity (Wildman–Crippen MR) is 76.2 cm³/mol. The van der Waals surface area contributed by atoms with Crippen LogP contribution in [0, 0.1) is 17.1 Å². The Morgan fingerprint density at radius 1 is 1.32 bits per heavy atom. The first-order valence-corrected chi connectivity index (χ1v) is 7.01. The lowest BCUT2D eigenvalue weighted by Gasteiger charge is -2.27. The molecule has 19 heavy (non-hydrogen) atoms. The van der Waals surface area contributed by atoms with Gasteiger partial charge in [-0.05, 0) is 50.6 Å². The molecule has 0 spiro atoms. The highest BCUT2D eigenvalue weighted by Gasteiger charge is 2.12. The summed E-state index contributed by atoms with van der Waals surface area (Å²) < 4.78 is 13.3. The summed E-state index contributed by atoms with van der Waals surface area (Å²) in [6, 6.07) is 6.93. The summed E-state index contributed by atoms with van der Waals surface area (Å²) in [4.78, 5) is 2.30. The van der Waals surface area contributed by atoms with Crippen LogP contribution in [-0.2, 0) is 6.54 Å². The van der Waals surface area contributed by atoms with Gasteiger partial charge in [0.05, 0.1) is 11.6 Å². The summed E-state index contributed by atoms with van der Waals surface area (Å²) in [6.07, 6.45) is 3.54. The zero-order chi connectivity index (χ0) is 14.3. The van der Waals surface area contributed by atoms with Crippen molar-refractivity contribution in [1.29, 1.82) is 5.26 Å². The lowest BCUT2D eigenvalue weighted by Crippen LogP contribution is -2.31. The maximum atomic E-state index is 13.3. The first kappa shape index (κ1) is 15.7. The van der Waals surface area contributed by atoms with Gasteiger partial charge in [-0.25, -0.2) is 4.39 Å². The fraction of sp³-hybridized carbons (Fsp3) is 0.562. The molecule has 0 aliphatic heterocycles. The highest BCUT2D eigenvalue weighted by Crippen LogP contribution is 2.15. The number of nitriles is 1. The maximum Gasteiger partial charge on any atom is 0.123 e. The van der Waals surface area contributed by atoms with Crippen molar-refractivity contribution in [2.45, 2.75) is 52.6 Å². The van der Waals surface area contributed by atoms with Crippen molar-refractivity contribution in [3.63, 3.8) is 0 Å². The third-order valence-corrected chi connectivity index (χ3v) is 3.34. The molecule has 0 radical (unpaired) electrons. The van der Waals surface area contributed by atoms with Gasteiger partial charge in [0.25, 0.3) is 0 Å². The van der Waals surface area contributed by atoms with Gasteiger partial charge in [-0.2, -0.15) is 5.26 Å². The molecule has 0 bridgehead atoms. The van der Waals surface area contributed by atoms with Crippen LogP contribution in [0.3, 0.4) is 0 Å². The zero-order valence-corrected chi connectivity index (χ0v) is 12.1. The Kier molecular flexibility index (Phi) is 6.52. The molecule has 1 rings (SSSR count). The molecule has 0 unspecified atom stereocenters. The maximum absolute atomic E-state index is 13.3. The summed E-state index contributed by atoms with van der Waals surface area (Å²) in [6.45, 7) is 8.09. The van der Waals surface area contributed by atoms with Crippen molar-refractivity contribution in [1.82, 2.24) is 4.90 Å². The van der Waals surface area contributed by atoms with E-state index < -0.39 is 0 Å². The second-order valence-corrected chi connectivity index (χ2v) is 5.18. The normalized spacial score (nSPS) is 11.0.